The molecule has 0 aliphatic carbocycles. The van der Waals surface area contributed by atoms with E-state index in [9.17, 15) is 19.8 Å². The lowest BCUT2D eigenvalue weighted by atomic mass is 9.94. The maximum atomic E-state index is 13.0. The van der Waals surface area contributed by atoms with Gasteiger partial charge in [0.15, 0.2) is 11.5 Å². The minimum atomic E-state index is -0.844. The van der Waals surface area contributed by atoms with Crippen molar-refractivity contribution >= 4 is 17.4 Å². The number of aliphatic hydroxyl groups excluding tert-OH is 1. The van der Waals surface area contributed by atoms with Crippen LogP contribution in [-0.4, -0.2) is 61.3 Å². The maximum absolute atomic E-state index is 13.0. The number of methoxy groups -OCH3 is 3. The first kappa shape index (κ1) is 23.1. The monoisotopic (exact) mass is 441 g/mol. The molecule has 1 aliphatic heterocycles. The summed E-state index contributed by atoms with van der Waals surface area (Å²) >= 11 is 0. The number of Topliss-reactive ketones (excluding diaryl/α,β-unsaturated/α-hetero) is 1. The summed E-state index contributed by atoms with van der Waals surface area (Å²) in [5.74, 6) is -0.985. The second-order valence-electron chi connectivity index (χ2n) is 7.45. The first-order chi connectivity index (χ1) is 15.3. The molecule has 1 atom stereocenters. The number of ether oxygens (including phenoxy) is 3. The Morgan fingerprint density at radius 1 is 1.03 bits per heavy atom. The third kappa shape index (κ3) is 4.27. The number of phenolic OH excluding ortho intramolecular Hbond substituents is 1. The van der Waals surface area contributed by atoms with Gasteiger partial charge in [0.2, 0.25) is 0 Å². The zero-order valence-electron chi connectivity index (χ0n) is 18.5. The summed E-state index contributed by atoms with van der Waals surface area (Å²) in [6.07, 6.45) is 0.511. The molecule has 3 rings (SSSR count). The number of carbonyl (C=O) groups is 2. The number of aliphatic hydroxyl groups is 1. The van der Waals surface area contributed by atoms with Gasteiger partial charge in [-0.1, -0.05) is 6.07 Å². The Labute approximate surface area is 186 Å². The Morgan fingerprint density at radius 2 is 1.75 bits per heavy atom. The second-order valence-corrected chi connectivity index (χ2v) is 7.45. The van der Waals surface area contributed by atoms with Crippen molar-refractivity contribution in [1.82, 2.24) is 4.90 Å². The Morgan fingerprint density at radius 3 is 2.38 bits per heavy atom. The molecule has 0 spiro atoms. The van der Waals surface area contributed by atoms with Crippen LogP contribution in [0.5, 0.6) is 17.2 Å². The highest BCUT2D eigenvalue weighted by Crippen LogP contribution is 2.42. The van der Waals surface area contributed by atoms with Crippen LogP contribution < -0.4 is 9.47 Å². The zero-order valence-corrected chi connectivity index (χ0v) is 18.5. The van der Waals surface area contributed by atoms with Crippen LogP contribution in [0.2, 0.25) is 0 Å². The van der Waals surface area contributed by atoms with Gasteiger partial charge < -0.3 is 29.3 Å². The standard InChI is InChI=1S/C24H27NO7/c1-14-12-16(7-9-18(14)31-3)22(27)20-21(15-6-8-17(26)19(13-15)32-4)25(10-5-11-30-2)24(29)23(20)28/h6-9,12-13,21,26-27H,5,10-11H2,1-4H3/b22-20+/t21-/m1/s1. The topological polar surface area (TPSA) is 106 Å². The quantitative estimate of drug-likeness (QED) is 0.281. The number of aryl methyl sites for hydroxylation is 1. The van der Waals surface area contributed by atoms with Crippen molar-refractivity contribution in [2.24, 2.45) is 0 Å². The minimum absolute atomic E-state index is 0.0234. The molecule has 8 nitrogen and oxygen atoms in total. The number of aromatic hydroxyl groups is 1. The van der Waals surface area contributed by atoms with Crippen molar-refractivity contribution in [2.75, 3.05) is 34.5 Å². The average Bonchev–Trinajstić information content (AvgIpc) is 3.04. The van der Waals surface area contributed by atoms with Crippen LogP contribution in [0.25, 0.3) is 5.76 Å². The molecule has 2 N–H and O–H groups in total. The maximum Gasteiger partial charge on any atom is 0.295 e. The van der Waals surface area contributed by atoms with Crippen molar-refractivity contribution in [3.05, 3.63) is 58.7 Å². The summed E-state index contributed by atoms with van der Waals surface area (Å²) in [6.45, 7) is 2.48. The van der Waals surface area contributed by atoms with Gasteiger partial charge in [-0.25, -0.2) is 0 Å². The van der Waals surface area contributed by atoms with E-state index >= 15 is 0 Å². The fourth-order valence-electron chi connectivity index (χ4n) is 3.88. The summed E-state index contributed by atoms with van der Waals surface area (Å²) in [6, 6.07) is 8.77. The van der Waals surface area contributed by atoms with E-state index in [-0.39, 0.29) is 29.4 Å². The van der Waals surface area contributed by atoms with Crippen molar-refractivity contribution in [1.29, 1.82) is 0 Å². The molecule has 32 heavy (non-hydrogen) atoms. The fourth-order valence-corrected chi connectivity index (χ4v) is 3.88. The SMILES string of the molecule is COCCCN1C(=O)C(=O)/C(=C(/O)c2ccc(OC)c(C)c2)[C@H]1c1ccc(O)c(OC)c1. The molecule has 170 valence electrons. The van der Waals surface area contributed by atoms with Crippen LogP contribution in [0.3, 0.4) is 0 Å². The molecule has 1 amide bonds. The predicted molar refractivity (Wildman–Crippen MR) is 118 cm³/mol. The average molecular weight is 441 g/mol. The molecule has 0 aromatic heterocycles. The van der Waals surface area contributed by atoms with Gasteiger partial charge in [0.1, 0.15) is 11.5 Å². The van der Waals surface area contributed by atoms with Gasteiger partial charge in [0.25, 0.3) is 11.7 Å². The van der Waals surface area contributed by atoms with E-state index in [4.69, 9.17) is 14.2 Å². The summed E-state index contributed by atoms with van der Waals surface area (Å²) in [7, 11) is 4.52. The summed E-state index contributed by atoms with van der Waals surface area (Å²) in [5, 5.41) is 21.1. The van der Waals surface area contributed by atoms with E-state index in [0.717, 1.165) is 5.56 Å². The summed E-state index contributed by atoms with van der Waals surface area (Å²) in [4.78, 5) is 27.4. The van der Waals surface area contributed by atoms with Crippen molar-refractivity contribution in [3.63, 3.8) is 0 Å². The summed E-state index contributed by atoms with van der Waals surface area (Å²) < 4.78 is 15.6. The smallest absolute Gasteiger partial charge is 0.295 e. The lowest BCUT2D eigenvalue weighted by Crippen LogP contribution is -2.31. The number of hydrogen-bond donors (Lipinski definition) is 2. The van der Waals surface area contributed by atoms with Gasteiger partial charge in [-0.2, -0.15) is 0 Å². The van der Waals surface area contributed by atoms with E-state index in [1.807, 2.05) is 6.92 Å². The molecule has 0 saturated carbocycles. The molecular formula is C24H27NO7. The first-order valence-corrected chi connectivity index (χ1v) is 10.1. The highest BCUT2D eigenvalue weighted by atomic mass is 16.5. The van der Waals surface area contributed by atoms with Gasteiger partial charge in [-0.3, -0.25) is 9.59 Å². The molecule has 0 unspecified atom stereocenters. The summed E-state index contributed by atoms with van der Waals surface area (Å²) in [5.41, 5.74) is 1.68. The Bertz CT molecular complexity index is 1060. The molecule has 1 aliphatic rings. The molecule has 1 heterocycles. The van der Waals surface area contributed by atoms with Crippen molar-refractivity contribution < 1.29 is 34.0 Å². The number of hydrogen-bond acceptors (Lipinski definition) is 7. The fraction of sp³-hybridized carbons (Fsp3) is 0.333. The van der Waals surface area contributed by atoms with Gasteiger partial charge in [-0.15, -0.1) is 0 Å². The molecular weight excluding hydrogens is 414 g/mol. The number of nitrogens with zero attached hydrogens (tertiary/aromatic N) is 1. The number of ketones is 1. The lowest BCUT2D eigenvalue weighted by molar-refractivity contribution is -0.140. The van der Waals surface area contributed by atoms with Gasteiger partial charge in [-0.05, 0) is 54.8 Å². The lowest BCUT2D eigenvalue weighted by Gasteiger charge is -2.25. The van der Waals surface area contributed by atoms with E-state index in [0.29, 0.717) is 29.9 Å². The van der Waals surface area contributed by atoms with Crippen LogP contribution in [0, 0.1) is 6.92 Å². The van der Waals surface area contributed by atoms with E-state index < -0.39 is 17.7 Å². The molecule has 2 aromatic rings. The minimum Gasteiger partial charge on any atom is -0.507 e. The van der Waals surface area contributed by atoms with Crippen LogP contribution in [0.15, 0.2) is 42.0 Å². The highest BCUT2D eigenvalue weighted by Gasteiger charge is 2.46. The van der Waals surface area contributed by atoms with Gasteiger partial charge in [0, 0.05) is 25.8 Å². The molecule has 1 fully saturated rings. The van der Waals surface area contributed by atoms with E-state index in [1.165, 1.54) is 18.1 Å². The normalized spacial score (nSPS) is 17.6. The van der Waals surface area contributed by atoms with Crippen LogP contribution in [0.1, 0.15) is 29.2 Å². The van der Waals surface area contributed by atoms with Gasteiger partial charge >= 0.3 is 0 Å². The van der Waals surface area contributed by atoms with Crippen molar-refractivity contribution in [2.45, 2.75) is 19.4 Å². The van der Waals surface area contributed by atoms with Crippen LogP contribution >= 0.6 is 0 Å². The van der Waals surface area contributed by atoms with Crippen molar-refractivity contribution in [3.8, 4) is 17.2 Å². The number of carbonyl (C=O) groups excluding carboxylic acids is 2. The van der Waals surface area contributed by atoms with Crippen LogP contribution in [-0.2, 0) is 14.3 Å². The second kappa shape index (κ2) is 9.74. The molecule has 1 saturated heterocycles. The van der Waals surface area contributed by atoms with E-state index in [1.54, 1.807) is 44.6 Å². The van der Waals surface area contributed by atoms with Gasteiger partial charge in [0.05, 0.1) is 25.8 Å². The molecule has 8 heteroatoms. The number of phenols is 1. The zero-order chi connectivity index (χ0) is 23.4. The van der Waals surface area contributed by atoms with E-state index in [2.05, 4.69) is 0 Å². The molecule has 0 bridgehead atoms. The Hall–Kier alpha value is -3.52. The highest BCUT2D eigenvalue weighted by molar-refractivity contribution is 6.46. The Kier molecular flexibility index (Phi) is 7.05. The third-order valence-corrected chi connectivity index (χ3v) is 5.48. The number of likely N-dealkylation sites (tertiary alicyclic amines) is 1. The van der Waals surface area contributed by atoms with Crippen LogP contribution in [0.4, 0.5) is 0 Å². The third-order valence-electron chi connectivity index (χ3n) is 5.48. The first-order valence-electron chi connectivity index (χ1n) is 10.1. The molecule has 2 aromatic carbocycles. The predicted octanol–water partition coefficient (Wildman–Crippen LogP) is 3.18. The number of benzene rings is 2. The molecule has 0 radical (unpaired) electrons. The number of rotatable bonds is 8. The Balaban J connectivity index is 2.17. The largest absolute Gasteiger partial charge is 0.507 e. The number of amides is 1.